The van der Waals surface area contributed by atoms with Crippen LogP contribution >= 0.6 is 0 Å². The highest BCUT2D eigenvalue weighted by Gasteiger charge is 2.02. The first-order valence-electron chi connectivity index (χ1n) is 13.3. The molecule has 0 atom stereocenters. The van der Waals surface area contributed by atoms with Crippen molar-refractivity contribution in [2.75, 3.05) is 133 Å². The molecular formula is C25H47N3O13. The predicted octanol–water partition coefficient (Wildman–Crippen LogP) is 0.0970. The Morgan fingerprint density at radius 2 is 0.756 bits per heavy atom. The molecule has 0 aliphatic rings. The summed E-state index contributed by atoms with van der Waals surface area (Å²) in [6, 6.07) is 0. The van der Waals surface area contributed by atoms with Crippen molar-refractivity contribution in [1.29, 1.82) is 0 Å². The van der Waals surface area contributed by atoms with E-state index >= 15 is 0 Å². The third-order valence-electron chi connectivity index (χ3n) is 4.40. The van der Waals surface area contributed by atoms with Gasteiger partial charge in [0.2, 0.25) is 0 Å². The molecule has 0 spiro atoms. The summed E-state index contributed by atoms with van der Waals surface area (Å²) in [5.41, 5.74) is 0. The summed E-state index contributed by atoms with van der Waals surface area (Å²) in [6.07, 6.45) is 1.39. The Kier molecular flexibility index (Phi) is 29.7. The number of carbonyl (C=O) groups is 3. The molecule has 0 radical (unpaired) electrons. The van der Waals surface area contributed by atoms with Gasteiger partial charge < -0.3 is 63.3 Å². The van der Waals surface area contributed by atoms with Crippen LogP contribution in [0.4, 0.5) is 14.4 Å². The van der Waals surface area contributed by atoms with E-state index in [9.17, 15) is 14.4 Å². The van der Waals surface area contributed by atoms with Gasteiger partial charge in [0.25, 0.3) is 0 Å². The molecule has 3 N–H and O–H groups in total. The summed E-state index contributed by atoms with van der Waals surface area (Å²) < 4.78 is 50.9. The Bertz CT molecular complexity index is 656. The van der Waals surface area contributed by atoms with Gasteiger partial charge in [-0.1, -0.05) is 0 Å². The molecule has 0 aromatic carbocycles. The third kappa shape index (κ3) is 31.7. The number of hydrogen-bond acceptors (Lipinski definition) is 13. The minimum Gasteiger partial charge on any atom is -0.447 e. The first-order chi connectivity index (χ1) is 20.1. The van der Waals surface area contributed by atoms with E-state index in [0.29, 0.717) is 79.2 Å². The van der Waals surface area contributed by atoms with Crippen molar-refractivity contribution in [3.05, 3.63) is 12.2 Å². The molecule has 0 aliphatic heterocycles. The monoisotopic (exact) mass is 597 g/mol. The molecule has 240 valence electrons. The van der Waals surface area contributed by atoms with E-state index in [1.807, 2.05) is 0 Å². The topological polar surface area (TPSA) is 180 Å². The third-order valence-corrected chi connectivity index (χ3v) is 4.40. The van der Waals surface area contributed by atoms with Gasteiger partial charge in [-0.2, -0.15) is 0 Å². The Hall–Kier alpha value is -2.73. The van der Waals surface area contributed by atoms with Gasteiger partial charge in [-0.25, -0.2) is 14.4 Å². The lowest BCUT2D eigenvalue weighted by Gasteiger charge is -2.09. The number of methoxy groups -OCH3 is 2. The van der Waals surface area contributed by atoms with Crippen LogP contribution in [0.15, 0.2) is 12.2 Å². The van der Waals surface area contributed by atoms with E-state index in [0.717, 1.165) is 0 Å². The van der Waals surface area contributed by atoms with Gasteiger partial charge in [-0.15, -0.1) is 0 Å². The molecule has 3 amide bonds. The Labute approximate surface area is 241 Å². The maximum atomic E-state index is 11.6. The summed E-state index contributed by atoms with van der Waals surface area (Å²) in [5.74, 6) is 0. The van der Waals surface area contributed by atoms with Crippen LogP contribution in [0.2, 0.25) is 0 Å². The summed E-state index contributed by atoms with van der Waals surface area (Å²) in [7, 11) is 3.19. The second kappa shape index (κ2) is 31.8. The maximum absolute atomic E-state index is 11.6. The predicted molar refractivity (Wildman–Crippen MR) is 145 cm³/mol. The van der Waals surface area contributed by atoms with E-state index in [-0.39, 0.29) is 39.6 Å². The van der Waals surface area contributed by atoms with Crippen LogP contribution in [-0.2, 0) is 47.4 Å². The number of hydrogen-bond donors (Lipinski definition) is 3. The Morgan fingerprint density at radius 1 is 0.439 bits per heavy atom. The molecule has 0 unspecified atom stereocenters. The smallest absolute Gasteiger partial charge is 0.407 e. The lowest BCUT2D eigenvalue weighted by Crippen LogP contribution is -2.29. The molecule has 0 rings (SSSR count). The van der Waals surface area contributed by atoms with Crippen LogP contribution in [0, 0.1) is 0 Å². The van der Waals surface area contributed by atoms with Gasteiger partial charge in [-0.05, 0) is 12.2 Å². The van der Waals surface area contributed by atoms with E-state index in [1.165, 1.54) is 0 Å². The highest BCUT2D eigenvalue weighted by atomic mass is 16.6. The van der Waals surface area contributed by atoms with E-state index in [1.54, 1.807) is 26.4 Å². The van der Waals surface area contributed by atoms with Gasteiger partial charge in [0.15, 0.2) is 0 Å². The average Bonchev–Trinajstić information content (AvgIpc) is 2.96. The normalized spacial score (nSPS) is 10.9. The number of rotatable bonds is 28. The first kappa shape index (κ1) is 38.3. The number of amides is 3. The van der Waals surface area contributed by atoms with Crippen molar-refractivity contribution in [1.82, 2.24) is 16.0 Å². The quantitative estimate of drug-likeness (QED) is 0.0628. The molecule has 0 saturated heterocycles. The summed E-state index contributed by atoms with van der Waals surface area (Å²) in [6.45, 7) is 5.81. The minimum absolute atomic E-state index is 0.0219. The molecule has 0 aliphatic carbocycles. The van der Waals surface area contributed by atoms with Crippen molar-refractivity contribution in [2.24, 2.45) is 0 Å². The molecule has 0 aromatic rings. The first-order valence-corrected chi connectivity index (χ1v) is 13.3. The van der Waals surface area contributed by atoms with Gasteiger partial charge in [0.05, 0.1) is 79.3 Å². The van der Waals surface area contributed by atoms with Crippen molar-refractivity contribution in [3.63, 3.8) is 0 Å². The molecular weight excluding hydrogens is 550 g/mol. The number of alkyl carbamates (subject to hydrolysis) is 3. The van der Waals surface area contributed by atoms with Crippen molar-refractivity contribution < 1.29 is 61.8 Å². The molecule has 0 bridgehead atoms. The maximum Gasteiger partial charge on any atom is 0.407 e. The van der Waals surface area contributed by atoms with Gasteiger partial charge in [0.1, 0.15) is 19.8 Å². The SMILES string of the molecule is COCCOCCNC(=O)OCCOCCOCCNC(=O)OC/C=C/COC(=O)NCCOCCOCCOC. The van der Waals surface area contributed by atoms with Crippen LogP contribution in [0.1, 0.15) is 0 Å². The minimum atomic E-state index is -0.603. The summed E-state index contributed by atoms with van der Waals surface area (Å²) >= 11 is 0. The van der Waals surface area contributed by atoms with Crippen LogP contribution in [0.3, 0.4) is 0 Å². The van der Waals surface area contributed by atoms with Crippen LogP contribution in [0.5, 0.6) is 0 Å². The van der Waals surface area contributed by atoms with E-state index in [4.69, 9.17) is 47.4 Å². The van der Waals surface area contributed by atoms with Crippen molar-refractivity contribution in [2.45, 2.75) is 0 Å². The van der Waals surface area contributed by atoms with Gasteiger partial charge in [-0.3, -0.25) is 0 Å². The average molecular weight is 598 g/mol. The van der Waals surface area contributed by atoms with Crippen molar-refractivity contribution >= 4 is 18.3 Å². The van der Waals surface area contributed by atoms with E-state index < -0.39 is 18.3 Å². The highest BCUT2D eigenvalue weighted by Crippen LogP contribution is 1.86. The number of nitrogens with one attached hydrogen (secondary N) is 3. The van der Waals surface area contributed by atoms with Crippen molar-refractivity contribution in [3.8, 4) is 0 Å². The van der Waals surface area contributed by atoms with Crippen LogP contribution in [-0.4, -0.2) is 151 Å². The zero-order chi connectivity index (χ0) is 30.1. The molecule has 41 heavy (non-hydrogen) atoms. The molecule has 0 fully saturated rings. The van der Waals surface area contributed by atoms with Gasteiger partial charge in [0, 0.05) is 33.9 Å². The van der Waals surface area contributed by atoms with Crippen LogP contribution in [0.25, 0.3) is 0 Å². The Morgan fingerprint density at radius 3 is 1.15 bits per heavy atom. The number of ether oxygens (including phenoxy) is 10. The molecule has 16 heteroatoms. The summed E-state index contributed by atoms with van der Waals surface area (Å²) in [5, 5.41) is 7.63. The van der Waals surface area contributed by atoms with Gasteiger partial charge >= 0.3 is 18.3 Å². The summed E-state index contributed by atoms with van der Waals surface area (Å²) in [4.78, 5) is 34.6. The lowest BCUT2D eigenvalue weighted by atomic mass is 10.5. The molecule has 0 aromatic heterocycles. The van der Waals surface area contributed by atoms with E-state index in [2.05, 4.69) is 16.0 Å². The molecule has 0 saturated carbocycles. The largest absolute Gasteiger partial charge is 0.447 e. The second-order valence-corrected chi connectivity index (χ2v) is 7.63. The standard InChI is InChI=1S/C25H47N3O13/c1-32-13-15-34-10-5-28-25(31)41-22-21-38-20-18-36-12-7-27-24(30)40-9-4-3-8-39-23(29)26-6-11-35-17-19-37-16-14-33-2/h3-4H,5-22H2,1-2H3,(H,26,29)(H,27,30)(H,28,31)/b4-3+. The fourth-order valence-corrected chi connectivity index (χ4v) is 2.44. The lowest BCUT2D eigenvalue weighted by molar-refractivity contribution is 0.0255. The Balaban J connectivity index is 3.38. The zero-order valence-corrected chi connectivity index (χ0v) is 24.2. The molecule has 0 heterocycles. The second-order valence-electron chi connectivity index (χ2n) is 7.63. The molecule has 16 nitrogen and oxygen atoms in total. The fourth-order valence-electron chi connectivity index (χ4n) is 2.44. The van der Waals surface area contributed by atoms with Crippen LogP contribution < -0.4 is 16.0 Å². The fraction of sp³-hybridized carbons (Fsp3) is 0.800. The number of carbonyl (C=O) groups excluding carboxylic acids is 3. The zero-order valence-electron chi connectivity index (χ0n) is 24.2. The highest BCUT2D eigenvalue weighted by molar-refractivity contribution is 5.67.